The first-order chi connectivity index (χ1) is 15.1. The predicted molar refractivity (Wildman–Crippen MR) is 123 cm³/mol. The van der Waals surface area contributed by atoms with Gasteiger partial charge in [0.1, 0.15) is 17.3 Å². The van der Waals surface area contributed by atoms with E-state index in [9.17, 15) is 4.79 Å². The fraction of sp³-hybridized carbons (Fsp3) is 0.120. The Kier molecular flexibility index (Phi) is 6.05. The van der Waals surface area contributed by atoms with Gasteiger partial charge in [-0.15, -0.1) is 0 Å². The highest BCUT2D eigenvalue weighted by molar-refractivity contribution is 6.32. The molecule has 0 spiro atoms. The van der Waals surface area contributed by atoms with Crippen molar-refractivity contribution < 1.29 is 14.3 Å². The van der Waals surface area contributed by atoms with Gasteiger partial charge in [-0.3, -0.25) is 0 Å². The zero-order valence-corrected chi connectivity index (χ0v) is 17.9. The number of nitrogens with zero attached hydrogens (tertiary/aromatic N) is 1. The lowest BCUT2D eigenvalue weighted by atomic mass is 10.1. The van der Waals surface area contributed by atoms with Crippen LogP contribution in [0.1, 0.15) is 28.9 Å². The van der Waals surface area contributed by atoms with Gasteiger partial charge in [-0.1, -0.05) is 48.0 Å². The van der Waals surface area contributed by atoms with Crippen molar-refractivity contribution >= 4 is 34.2 Å². The Morgan fingerprint density at radius 2 is 1.71 bits per heavy atom. The Hall–Kier alpha value is -3.57. The summed E-state index contributed by atoms with van der Waals surface area (Å²) in [4.78, 5) is 16.2. The molecule has 0 bridgehead atoms. The molecule has 4 rings (SSSR count). The minimum absolute atomic E-state index is 0.0573. The first kappa shape index (κ1) is 20.7. The van der Waals surface area contributed by atoms with Gasteiger partial charge in [-0.05, 0) is 54.3 Å². The van der Waals surface area contributed by atoms with Crippen LogP contribution >= 0.6 is 11.6 Å². The summed E-state index contributed by atoms with van der Waals surface area (Å²) in [5.41, 5.74) is 1.52. The van der Waals surface area contributed by atoms with Gasteiger partial charge in [-0.2, -0.15) is 0 Å². The van der Waals surface area contributed by atoms with Gasteiger partial charge in [0.25, 0.3) is 0 Å². The number of aromatic nitrogens is 1. The lowest BCUT2D eigenvalue weighted by molar-refractivity contribution is 0.0600. The lowest BCUT2D eigenvalue weighted by Crippen LogP contribution is -2.09. The molecule has 1 heterocycles. The average Bonchev–Trinajstić information content (AvgIpc) is 2.80. The molecular formula is C25H21ClN2O3. The van der Waals surface area contributed by atoms with E-state index in [1.807, 2.05) is 61.5 Å². The third kappa shape index (κ3) is 4.47. The summed E-state index contributed by atoms with van der Waals surface area (Å²) in [7, 11) is 1.37. The Balaban J connectivity index is 1.66. The number of halogens is 1. The number of nitrogens with one attached hydrogen (secondary N) is 1. The highest BCUT2D eigenvalue weighted by atomic mass is 35.5. The van der Waals surface area contributed by atoms with Gasteiger partial charge in [-0.25, -0.2) is 9.78 Å². The topological polar surface area (TPSA) is 60.5 Å². The monoisotopic (exact) mass is 432 g/mol. The van der Waals surface area contributed by atoms with Crippen molar-refractivity contribution in [1.29, 1.82) is 0 Å². The highest BCUT2D eigenvalue weighted by Crippen LogP contribution is 2.37. The number of pyridine rings is 1. The molecule has 0 aliphatic heterocycles. The molecule has 4 aromatic rings. The molecule has 0 saturated heterocycles. The van der Waals surface area contributed by atoms with E-state index in [1.54, 1.807) is 24.4 Å². The van der Waals surface area contributed by atoms with Crippen molar-refractivity contribution in [1.82, 2.24) is 4.98 Å². The van der Waals surface area contributed by atoms with Gasteiger partial charge in [0.15, 0.2) is 0 Å². The maximum absolute atomic E-state index is 11.7. The summed E-state index contributed by atoms with van der Waals surface area (Å²) in [5, 5.41) is 5.86. The maximum Gasteiger partial charge on any atom is 0.337 e. The van der Waals surface area contributed by atoms with E-state index in [0.717, 1.165) is 16.3 Å². The number of para-hydroxylation sites is 1. The van der Waals surface area contributed by atoms with Crippen molar-refractivity contribution in [3.63, 3.8) is 0 Å². The molecule has 31 heavy (non-hydrogen) atoms. The molecule has 0 aliphatic carbocycles. The first-order valence-corrected chi connectivity index (χ1v) is 10.2. The van der Waals surface area contributed by atoms with Gasteiger partial charge < -0.3 is 14.8 Å². The molecule has 156 valence electrons. The van der Waals surface area contributed by atoms with Gasteiger partial charge in [0, 0.05) is 12.2 Å². The third-order valence-corrected chi connectivity index (χ3v) is 5.31. The van der Waals surface area contributed by atoms with Gasteiger partial charge in [0.2, 0.25) is 0 Å². The number of fused-ring (bicyclic) bond motifs is 1. The highest BCUT2D eigenvalue weighted by Gasteiger charge is 2.14. The molecule has 3 aromatic carbocycles. The first-order valence-electron chi connectivity index (χ1n) is 9.81. The Bertz CT molecular complexity index is 1220. The molecule has 0 radical (unpaired) electrons. The number of methoxy groups -OCH3 is 1. The third-order valence-electron chi connectivity index (χ3n) is 4.99. The van der Waals surface area contributed by atoms with Gasteiger partial charge in [0.05, 0.1) is 23.1 Å². The fourth-order valence-electron chi connectivity index (χ4n) is 3.35. The lowest BCUT2D eigenvalue weighted by Gasteiger charge is -2.18. The van der Waals surface area contributed by atoms with E-state index < -0.39 is 0 Å². The number of anilines is 1. The minimum atomic E-state index is -0.357. The second-order valence-corrected chi connectivity index (χ2v) is 7.43. The summed E-state index contributed by atoms with van der Waals surface area (Å²) >= 11 is 6.29. The molecule has 0 unspecified atom stereocenters. The summed E-state index contributed by atoms with van der Waals surface area (Å²) in [6.07, 6.45) is 1.76. The van der Waals surface area contributed by atoms with E-state index >= 15 is 0 Å². The molecule has 0 aliphatic rings. The van der Waals surface area contributed by atoms with E-state index in [1.165, 1.54) is 7.11 Å². The fourth-order valence-corrected chi connectivity index (χ4v) is 3.53. The Morgan fingerprint density at radius 3 is 2.45 bits per heavy atom. The SMILES string of the molecule is COC(=O)c1ccc([C@H](C)Nc2nccc3cccc(Oc4ccccc4Cl)c23)cc1. The minimum Gasteiger partial charge on any atom is -0.465 e. The number of benzene rings is 3. The van der Waals surface area contributed by atoms with Crippen LogP contribution in [0, 0.1) is 0 Å². The molecule has 0 fully saturated rings. The smallest absolute Gasteiger partial charge is 0.337 e. The van der Waals surface area contributed by atoms with Crippen LogP contribution in [0.5, 0.6) is 11.5 Å². The van der Waals surface area contributed by atoms with E-state index in [4.69, 9.17) is 21.1 Å². The second-order valence-electron chi connectivity index (χ2n) is 7.03. The van der Waals surface area contributed by atoms with Crippen LogP contribution in [0.2, 0.25) is 5.02 Å². The van der Waals surface area contributed by atoms with Crippen LogP contribution in [-0.2, 0) is 4.74 Å². The van der Waals surface area contributed by atoms with Crippen molar-refractivity contribution in [2.75, 3.05) is 12.4 Å². The second kappa shape index (κ2) is 9.06. The molecule has 6 heteroatoms. The summed E-state index contributed by atoms with van der Waals surface area (Å²) in [6.45, 7) is 2.03. The van der Waals surface area contributed by atoms with Crippen LogP contribution in [0.15, 0.2) is 79.0 Å². The van der Waals surface area contributed by atoms with Crippen LogP contribution in [-0.4, -0.2) is 18.1 Å². The Labute approximate surface area is 185 Å². The number of hydrogen-bond donors (Lipinski definition) is 1. The number of carbonyl (C=O) groups is 1. The van der Waals surface area contributed by atoms with E-state index in [-0.39, 0.29) is 12.0 Å². The number of carbonyl (C=O) groups excluding carboxylic acids is 1. The average molecular weight is 433 g/mol. The summed E-state index contributed by atoms with van der Waals surface area (Å²) in [6, 6.07) is 22.4. The van der Waals surface area contributed by atoms with Crippen LogP contribution in [0.4, 0.5) is 5.82 Å². The zero-order chi connectivity index (χ0) is 21.8. The normalized spacial score (nSPS) is 11.7. The molecule has 1 atom stereocenters. The van der Waals surface area contributed by atoms with Crippen LogP contribution in [0.25, 0.3) is 10.8 Å². The van der Waals surface area contributed by atoms with E-state index in [0.29, 0.717) is 27.9 Å². The largest absolute Gasteiger partial charge is 0.465 e. The number of ether oxygens (including phenoxy) is 2. The quantitative estimate of drug-likeness (QED) is 0.346. The van der Waals surface area contributed by atoms with E-state index in [2.05, 4.69) is 10.3 Å². The van der Waals surface area contributed by atoms with Gasteiger partial charge >= 0.3 is 5.97 Å². The molecule has 1 N–H and O–H groups in total. The molecule has 1 aromatic heterocycles. The number of esters is 1. The Morgan fingerprint density at radius 1 is 0.968 bits per heavy atom. The number of rotatable bonds is 6. The van der Waals surface area contributed by atoms with Crippen LogP contribution in [0.3, 0.4) is 0 Å². The molecule has 0 amide bonds. The summed E-state index contributed by atoms with van der Waals surface area (Å²) in [5.74, 6) is 1.58. The predicted octanol–water partition coefficient (Wildman–Crippen LogP) is 6.64. The van der Waals surface area contributed by atoms with Crippen LogP contribution < -0.4 is 10.1 Å². The standard InChI is InChI=1S/C25H21ClN2O3/c1-16(17-10-12-19(13-11-17)25(29)30-2)28-24-23-18(14-15-27-24)6-5-9-22(23)31-21-8-4-3-7-20(21)26/h3-16H,1-2H3,(H,27,28)/t16-/m0/s1. The van der Waals surface area contributed by atoms with Crippen molar-refractivity contribution in [3.8, 4) is 11.5 Å². The number of hydrogen-bond acceptors (Lipinski definition) is 5. The zero-order valence-electron chi connectivity index (χ0n) is 17.1. The maximum atomic E-state index is 11.7. The van der Waals surface area contributed by atoms with Crippen molar-refractivity contribution in [3.05, 3.63) is 95.1 Å². The van der Waals surface area contributed by atoms with Crippen molar-refractivity contribution in [2.45, 2.75) is 13.0 Å². The molecule has 0 saturated carbocycles. The van der Waals surface area contributed by atoms with Crippen molar-refractivity contribution in [2.24, 2.45) is 0 Å². The summed E-state index contributed by atoms with van der Waals surface area (Å²) < 4.78 is 10.9. The molecular weight excluding hydrogens is 412 g/mol. The molecule has 5 nitrogen and oxygen atoms in total.